The van der Waals surface area contributed by atoms with Gasteiger partial charge in [0.05, 0.1) is 12.7 Å². The molecule has 2 aromatic carbocycles. The van der Waals surface area contributed by atoms with Gasteiger partial charge < -0.3 is 19.2 Å². The SMILES string of the molecule is COc1ccc(Br)cc1CNC(=O)c1ccc(COc2ccccc2C#N)o1. The number of methoxy groups -OCH3 is 1. The average molecular weight is 441 g/mol. The molecule has 0 aliphatic carbocycles. The highest BCUT2D eigenvalue weighted by atomic mass is 79.9. The van der Waals surface area contributed by atoms with Crippen LogP contribution in [0.25, 0.3) is 0 Å². The Kier molecular flexibility index (Phi) is 6.35. The summed E-state index contributed by atoms with van der Waals surface area (Å²) in [7, 11) is 1.58. The van der Waals surface area contributed by atoms with Crippen molar-refractivity contribution in [3.63, 3.8) is 0 Å². The lowest BCUT2D eigenvalue weighted by molar-refractivity contribution is 0.0919. The number of ether oxygens (including phenoxy) is 2. The maximum Gasteiger partial charge on any atom is 0.287 e. The minimum Gasteiger partial charge on any atom is -0.496 e. The Morgan fingerprint density at radius 1 is 1.18 bits per heavy atom. The third-order valence-corrected chi connectivity index (χ3v) is 4.44. The van der Waals surface area contributed by atoms with Crippen LogP contribution in [0.4, 0.5) is 0 Å². The third kappa shape index (κ3) is 4.72. The van der Waals surface area contributed by atoms with Crippen molar-refractivity contribution in [3.05, 3.63) is 81.7 Å². The van der Waals surface area contributed by atoms with Crippen molar-refractivity contribution in [2.75, 3.05) is 7.11 Å². The van der Waals surface area contributed by atoms with Crippen LogP contribution in [0, 0.1) is 11.3 Å². The van der Waals surface area contributed by atoms with Crippen molar-refractivity contribution in [3.8, 4) is 17.6 Å². The van der Waals surface area contributed by atoms with Gasteiger partial charge in [-0.25, -0.2) is 0 Å². The van der Waals surface area contributed by atoms with Crippen LogP contribution >= 0.6 is 15.9 Å². The molecule has 1 aromatic heterocycles. The Hall–Kier alpha value is -3.24. The highest BCUT2D eigenvalue weighted by Gasteiger charge is 2.13. The van der Waals surface area contributed by atoms with E-state index < -0.39 is 0 Å². The van der Waals surface area contributed by atoms with E-state index in [1.165, 1.54) is 0 Å². The van der Waals surface area contributed by atoms with Crippen LogP contribution in [0.15, 0.2) is 63.5 Å². The first-order valence-electron chi connectivity index (χ1n) is 8.42. The maximum atomic E-state index is 12.3. The van der Waals surface area contributed by atoms with Gasteiger partial charge in [0.1, 0.15) is 29.9 Å². The van der Waals surface area contributed by atoms with E-state index in [-0.39, 0.29) is 18.3 Å². The predicted octanol–water partition coefficient (Wildman–Crippen LogP) is 4.43. The van der Waals surface area contributed by atoms with Crippen LogP contribution in [0.3, 0.4) is 0 Å². The van der Waals surface area contributed by atoms with Gasteiger partial charge in [0.2, 0.25) is 0 Å². The Morgan fingerprint density at radius 2 is 2.00 bits per heavy atom. The molecule has 0 fully saturated rings. The van der Waals surface area contributed by atoms with Crippen molar-refractivity contribution in [1.82, 2.24) is 5.32 Å². The summed E-state index contributed by atoms with van der Waals surface area (Å²) in [5.74, 6) is 1.48. The van der Waals surface area contributed by atoms with Crippen LogP contribution in [-0.2, 0) is 13.2 Å². The molecule has 0 unspecified atom stereocenters. The summed E-state index contributed by atoms with van der Waals surface area (Å²) in [6.45, 7) is 0.412. The second-order valence-corrected chi connectivity index (χ2v) is 6.72. The summed E-state index contributed by atoms with van der Waals surface area (Å²) in [4.78, 5) is 12.3. The molecule has 1 amide bonds. The first-order chi connectivity index (χ1) is 13.6. The Balaban J connectivity index is 1.60. The van der Waals surface area contributed by atoms with E-state index in [1.807, 2.05) is 18.2 Å². The van der Waals surface area contributed by atoms with Gasteiger partial charge in [-0.1, -0.05) is 28.1 Å². The second kappa shape index (κ2) is 9.11. The number of amides is 1. The van der Waals surface area contributed by atoms with Gasteiger partial charge in [0.15, 0.2) is 5.76 Å². The molecule has 0 saturated heterocycles. The maximum absolute atomic E-state index is 12.3. The van der Waals surface area contributed by atoms with Crippen molar-refractivity contribution in [2.45, 2.75) is 13.2 Å². The summed E-state index contributed by atoms with van der Waals surface area (Å²) >= 11 is 3.41. The second-order valence-electron chi connectivity index (χ2n) is 5.80. The molecular formula is C21H17BrN2O4. The van der Waals surface area contributed by atoms with Crippen LogP contribution in [-0.4, -0.2) is 13.0 Å². The molecule has 0 spiro atoms. The van der Waals surface area contributed by atoms with Gasteiger partial charge in [-0.2, -0.15) is 5.26 Å². The van der Waals surface area contributed by atoms with E-state index in [9.17, 15) is 4.79 Å². The zero-order chi connectivity index (χ0) is 19.9. The monoisotopic (exact) mass is 440 g/mol. The quantitative estimate of drug-likeness (QED) is 0.587. The zero-order valence-electron chi connectivity index (χ0n) is 15.1. The lowest BCUT2D eigenvalue weighted by Crippen LogP contribution is -2.22. The summed E-state index contributed by atoms with van der Waals surface area (Å²) in [5.41, 5.74) is 1.28. The number of nitriles is 1. The number of rotatable bonds is 7. The number of para-hydroxylation sites is 1. The van der Waals surface area contributed by atoms with Crippen LogP contribution in [0.5, 0.6) is 11.5 Å². The highest BCUT2D eigenvalue weighted by Crippen LogP contribution is 2.23. The molecule has 3 aromatic rings. The highest BCUT2D eigenvalue weighted by molar-refractivity contribution is 9.10. The number of hydrogen-bond donors (Lipinski definition) is 1. The number of benzene rings is 2. The Bertz CT molecular complexity index is 1020. The molecule has 0 aliphatic rings. The van der Waals surface area contributed by atoms with Gasteiger partial charge >= 0.3 is 0 Å². The van der Waals surface area contributed by atoms with Crippen molar-refractivity contribution >= 4 is 21.8 Å². The molecule has 0 aliphatic heterocycles. The number of furan rings is 1. The number of nitrogens with one attached hydrogen (secondary N) is 1. The minimum atomic E-state index is -0.342. The van der Waals surface area contributed by atoms with E-state index in [2.05, 4.69) is 27.3 Å². The Morgan fingerprint density at radius 3 is 2.79 bits per heavy atom. The first-order valence-corrected chi connectivity index (χ1v) is 9.21. The van der Waals surface area contributed by atoms with E-state index in [0.29, 0.717) is 29.4 Å². The molecule has 3 rings (SSSR count). The van der Waals surface area contributed by atoms with Gasteiger partial charge in [0.25, 0.3) is 5.91 Å². The standard InChI is InChI=1S/C21H17BrN2O4/c1-26-18-8-6-16(22)10-15(18)12-24-21(25)20-9-7-17(28-20)13-27-19-5-3-2-4-14(19)11-23/h2-10H,12-13H2,1H3,(H,24,25). The van der Waals surface area contributed by atoms with Gasteiger partial charge in [-0.3, -0.25) is 4.79 Å². The van der Waals surface area contributed by atoms with Crippen molar-refractivity contribution in [1.29, 1.82) is 5.26 Å². The summed E-state index contributed by atoms with van der Waals surface area (Å²) in [6, 6.07) is 17.8. The molecule has 0 bridgehead atoms. The summed E-state index contributed by atoms with van der Waals surface area (Å²) in [6.07, 6.45) is 0. The predicted molar refractivity (Wildman–Crippen MR) is 106 cm³/mol. The van der Waals surface area contributed by atoms with Crippen molar-refractivity contribution in [2.24, 2.45) is 0 Å². The molecular weight excluding hydrogens is 424 g/mol. The summed E-state index contributed by atoms with van der Waals surface area (Å²) < 4.78 is 17.4. The van der Waals surface area contributed by atoms with Crippen LogP contribution in [0.2, 0.25) is 0 Å². The largest absolute Gasteiger partial charge is 0.496 e. The fourth-order valence-electron chi connectivity index (χ4n) is 2.56. The van der Waals surface area contributed by atoms with E-state index in [1.54, 1.807) is 43.5 Å². The van der Waals surface area contributed by atoms with E-state index in [4.69, 9.17) is 19.2 Å². The third-order valence-electron chi connectivity index (χ3n) is 3.94. The zero-order valence-corrected chi connectivity index (χ0v) is 16.7. The average Bonchev–Trinajstić information content (AvgIpc) is 3.20. The number of carbonyl (C=O) groups is 1. The summed E-state index contributed by atoms with van der Waals surface area (Å²) in [5, 5.41) is 11.9. The van der Waals surface area contributed by atoms with Crippen LogP contribution in [0.1, 0.15) is 27.4 Å². The molecule has 7 heteroatoms. The smallest absolute Gasteiger partial charge is 0.287 e. The molecule has 1 N–H and O–H groups in total. The van der Waals surface area contributed by atoms with Gasteiger partial charge in [0, 0.05) is 16.6 Å². The first kappa shape index (κ1) is 19.5. The molecule has 0 saturated carbocycles. The molecule has 1 heterocycles. The molecule has 6 nitrogen and oxygen atoms in total. The Labute approximate surface area is 170 Å². The number of halogens is 1. The lowest BCUT2D eigenvalue weighted by Gasteiger charge is -2.09. The lowest BCUT2D eigenvalue weighted by atomic mass is 10.2. The normalized spacial score (nSPS) is 10.2. The fourth-order valence-corrected chi connectivity index (χ4v) is 2.97. The van der Waals surface area contributed by atoms with Gasteiger partial charge in [-0.05, 0) is 42.5 Å². The van der Waals surface area contributed by atoms with E-state index in [0.717, 1.165) is 10.0 Å². The molecule has 28 heavy (non-hydrogen) atoms. The minimum absolute atomic E-state index is 0.116. The topological polar surface area (TPSA) is 84.5 Å². The molecule has 142 valence electrons. The molecule has 0 radical (unpaired) electrons. The number of hydrogen-bond acceptors (Lipinski definition) is 5. The van der Waals surface area contributed by atoms with Gasteiger partial charge in [-0.15, -0.1) is 0 Å². The fraction of sp³-hybridized carbons (Fsp3) is 0.143. The molecule has 0 atom stereocenters. The number of nitrogens with zero attached hydrogens (tertiary/aromatic N) is 1. The van der Waals surface area contributed by atoms with Crippen molar-refractivity contribution < 1.29 is 18.7 Å². The van der Waals surface area contributed by atoms with E-state index >= 15 is 0 Å². The van der Waals surface area contributed by atoms with Crippen LogP contribution < -0.4 is 14.8 Å². The number of carbonyl (C=O) groups excluding carboxylic acids is 1.